The highest BCUT2D eigenvalue weighted by Crippen LogP contribution is 2.20. The van der Waals surface area contributed by atoms with Crippen LogP contribution in [0.2, 0.25) is 0 Å². The average Bonchev–Trinajstić information content (AvgIpc) is 2.64. The van der Waals surface area contributed by atoms with Crippen molar-refractivity contribution in [3.8, 4) is 5.75 Å². The summed E-state index contributed by atoms with van der Waals surface area (Å²) < 4.78 is 0. The van der Waals surface area contributed by atoms with Crippen LogP contribution in [0.3, 0.4) is 0 Å². The van der Waals surface area contributed by atoms with Gasteiger partial charge in [0.1, 0.15) is 5.75 Å². The molecule has 5 heteroatoms. The number of benzene rings is 1. The highest BCUT2D eigenvalue weighted by Gasteiger charge is 2.30. The van der Waals surface area contributed by atoms with Crippen molar-refractivity contribution in [2.75, 3.05) is 11.4 Å². The van der Waals surface area contributed by atoms with Crippen LogP contribution in [0, 0.1) is 0 Å². The van der Waals surface area contributed by atoms with Crippen LogP contribution in [-0.2, 0) is 11.2 Å². The summed E-state index contributed by atoms with van der Waals surface area (Å²) in [4.78, 5) is 18.7. The Kier molecular flexibility index (Phi) is 5.66. The summed E-state index contributed by atoms with van der Waals surface area (Å²) in [6.45, 7) is 2.88. The van der Waals surface area contributed by atoms with Gasteiger partial charge in [0.05, 0.1) is 17.9 Å². The van der Waals surface area contributed by atoms with Gasteiger partial charge in [0.15, 0.2) is 0 Å². The van der Waals surface area contributed by atoms with E-state index in [1.807, 2.05) is 29.2 Å². The molecule has 132 valence electrons. The van der Waals surface area contributed by atoms with E-state index < -0.39 is 0 Å². The highest BCUT2D eigenvalue weighted by atomic mass is 16.3. The summed E-state index contributed by atoms with van der Waals surface area (Å²) >= 11 is 0. The molecule has 0 unspecified atom stereocenters. The number of phenols is 1. The van der Waals surface area contributed by atoms with Gasteiger partial charge in [0, 0.05) is 18.8 Å². The number of amides is 1. The third kappa shape index (κ3) is 4.57. The normalized spacial score (nSPS) is 19.0. The number of aryl methyl sites for hydroxylation is 1. The quantitative estimate of drug-likeness (QED) is 0.849. The van der Waals surface area contributed by atoms with E-state index in [1.54, 1.807) is 24.5 Å². The Balaban J connectivity index is 1.54. The number of pyridine rings is 1. The maximum atomic E-state index is 12.8. The molecule has 1 aromatic carbocycles. The van der Waals surface area contributed by atoms with Crippen LogP contribution in [-0.4, -0.2) is 34.6 Å². The molecule has 0 radical (unpaired) electrons. The monoisotopic (exact) mass is 339 g/mol. The second-order valence-corrected chi connectivity index (χ2v) is 6.67. The van der Waals surface area contributed by atoms with Crippen LogP contribution in [0.4, 0.5) is 5.69 Å². The lowest BCUT2D eigenvalue weighted by atomic mass is 10.0. The Morgan fingerprint density at radius 2 is 2.12 bits per heavy atom. The number of aromatic hydroxyl groups is 1. The van der Waals surface area contributed by atoms with Gasteiger partial charge >= 0.3 is 0 Å². The van der Waals surface area contributed by atoms with Crippen LogP contribution in [0.25, 0.3) is 0 Å². The molecule has 2 N–H and O–H groups in total. The second-order valence-electron chi connectivity index (χ2n) is 6.67. The van der Waals surface area contributed by atoms with E-state index in [9.17, 15) is 9.90 Å². The van der Waals surface area contributed by atoms with Crippen molar-refractivity contribution in [1.29, 1.82) is 0 Å². The molecule has 0 aliphatic carbocycles. The van der Waals surface area contributed by atoms with Gasteiger partial charge in [-0.1, -0.05) is 12.1 Å². The smallest absolute Gasteiger partial charge is 0.244 e. The first-order chi connectivity index (χ1) is 12.1. The number of carbonyl (C=O) groups excluding carboxylic acids is 1. The number of nitrogens with zero attached hydrogens (tertiary/aromatic N) is 2. The van der Waals surface area contributed by atoms with Gasteiger partial charge in [-0.3, -0.25) is 9.78 Å². The van der Waals surface area contributed by atoms with Crippen molar-refractivity contribution < 1.29 is 9.90 Å². The van der Waals surface area contributed by atoms with E-state index in [0.29, 0.717) is 5.75 Å². The molecule has 2 atom stereocenters. The minimum Gasteiger partial charge on any atom is -0.508 e. The number of hydrogen-bond acceptors (Lipinski definition) is 4. The number of hydrogen-bond donors (Lipinski definition) is 2. The minimum absolute atomic E-state index is 0.135. The van der Waals surface area contributed by atoms with E-state index in [4.69, 9.17) is 0 Å². The third-order valence-corrected chi connectivity index (χ3v) is 4.68. The summed E-state index contributed by atoms with van der Waals surface area (Å²) in [6.07, 6.45) is 7.19. The summed E-state index contributed by atoms with van der Waals surface area (Å²) in [6, 6.07) is 11.2. The molecule has 0 bridgehead atoms. The number of anilines is 1. The number of nitrogens with one attached hydrogen (secondary N) is 1. The molecule has 2 aromatic rings. The van der Waals surface area contributed by atoms with Gasteiger partial charge in [-0.2, -0.15) is 0 Å². The molecule has 1 fully saturated rings. The Bertz CT molecular complexity index is 688. The fourth-order valence-electron chi connectivity index (χ4n) is 3.27. The molecule has 1 aromatic heterocycles. The standard InChI is InChI=1S/C20H25N3O2/c1-15(6-7-16-8-10-18(24)11-9-16)22-19-5-3-13-23(20(19)25)17-4-2-12-21-14-17/h2,4,8-12,14-15,19,22,24H,3,5-7,13H2,1H3/t15-,19-/m0/s1. The van der Waals surface area contributed by atoms with Crippen LogP contribution in [0.15, 0.2) is 48.8 Å². The van der Waals surface area contributed by atoms with E-state index in [-0.39, 0.29) is 18.0 Å². The van der Waals surface area contributed by atoms with Gasteiger partial charge in [0.2, 0.25) is 5.91 Å². The fraction of sp³-hybridized carbons (Fsp3) is 0.400. The molecule has 25 heavy (non-hydrogen) atoms. The number of rotatable bonds is 6. The van der Waals surface area contributed by atoms with E-state index in [0.717, 1.165) is 37.9 Å². The maximum absolute atomic E-state index is 12.8. The highest BCUT2D eigenvalue weighted by molar-refractivity contribution is 5.97. The zero-order chi connectivity index (χ0) is 17.6. The fourth-order valence-corrected chi connectivity index (χ4v) is 3.27. The van der Waals surface area contributed by atoms with E-state index >= 15 is 0 Å². The number of aromatic nitrogens is 1. The Morgan fingerprint density at radius 1 is 1.32 bits per heavy atom. The lowest BCUT2D eigenvalue weighted by Crippen LogP contribution is -2.53. The van der Waals surface area contributed by atoms with Crippen LogP contribution >= 0.6 is 0 Å². The van der Waals surface area contributed by atoms with Gasteiger partial charge in [-0.05, 0) is 62.4 Å². The topological polar surface area (TPSA) is 65.5 Å². The molecule has 5 nitrogen and oxygen atoms in total. The first-order valence-corrected chi connectivity index (χ1v) is 8.89. The molecule has 1 aliphatic heterocycles. The SMILES string of the molecule is C[C@@H](CCc1ccc(O)cc1)N[C@H]1CCCN(c2cccnc2)C1=O. The van der Waals surface area contributed by atoms with Gasteiger partial charge in [-0.25, -0.2) is 0 Å². The predicted molar refractivity (Wildman–Crippen MR) is 98.6 cm³/mol. The summed E-state index contributed by atoms with van der Waals surface area (Å²) in [5.74, 6) is 0.425. The van der Waals surface area contributed by atoms with E-state index in [2.05, 4.69) is 17.2 Å². The lowest BCUT2D eigenvalue weighted by molar-refractivity contribution is -0.122. The first kappa shape index (κ1) is 17.4. The predicted octanol–water partition coefficient (Wildman–Crippen LogP) is 2.89. The Hall–Kier alpha value is -2.40. The molecule has 1 amide bonds. The van der Waals surface area contributed by atoms with Crippen molar-refractivity contribution in [2.24, 2.45) is 0 Å². The average molecular weight is 339 g/mol. The second kappa shape index (κ2) is 8.12. The first-order valence-electron chi connectivity index (χ1n) is 8.89. The van der Waals surface area contributed by atoms with Gasteiger partial charge in [0.25, 0.3) is 0 Å². The zero-order valence-electron chi connectivity index (χ0n) is 14.6. The van der Waals surface area contributed by atoms with Crippen molar-refractivity contribution in [3.63, 3.8) is 0 Å². The van der Waals surface area contributed by atoms with Crippen LogP contribution < -0.4 is 10.2 Å². The number of phenolic OH excluding ortho intramolecular Hbond substituents is 1. The van der Waals surface area contributed by atoms with Crippen molar-refractivity contribution >= 4 is 11.6 Å². The van der Waals surface area contributed by atoms with Crippen molar-refractivity contribution in [1.82, 2.24) is 10.3 Å². The Morgan fingerprint density at radius 3 is 2.84 bits per heavy atom. The van der Waals surface area contributed by atoms with Crippen molar-refractivity contribution in [3.05, 3.63) is 54.4 Å². The number of carbonyl (C=O) groups is 1. The molecule has 1 saturated heterocycles. The minimum atomic E-state index is -0.135. The largest absolute Gasteiger partial charge is 0.508 e. The molecule has 2 heterocycles. The van der Waals surface area contributed by atoms with Crippen LogP contribution in [0.5, 0.6) is 5.75 Å². The van der Waals surface area contributed by atoms with Gasteiger partial charge < -0.3 is 15.3 Å². The molecule has 0 saturated carbocycles. The summed E-state index contributed by atoms with van der Waals surface area (Å²) in [5, 5.41) is 12.8. The number of piperidine rings is 1. The van der Waals surface area contributed by atoms with Gasteiger partial charge in [-0.15, -0.1) is 0 Å². The third-order valence-electron chi connectivity index (χ3n) is 4.68. The van der Waals surface area contributed by atoms with E-state index in [1.165, 1.54) is 5.56 Å². The molecule has 1 aliphatic rings. The zero-order valence-corrected chi connectivity index (χ0v) is 14.6. The molecular weight excluding hydrogens is 314 g/mol. The lowest BCUT2D eigenvalue weighted by Gasteiger charge is -2.34. The molecule has 3 rings (SSSR count). The summed E-state index contributed by atoms with van der Waals surface area (Å²) in [7, 11) is 0. The molecule has 0 spiro atoms. The molecular formula is C20H25N3O2. The Labute approximate surface area is 148 Å². The van der Waals surface area contributed by atoms with Crippen molar-refractivity contribution in [2.45, 2.75) is 44.7 Å². The van der Waals surface area contributed by atoms with Crippen LogP contribution in [0.1, 0.15) is 31.7 Å². The maximum Gasteiger partial charge on any atom is 0.244 e. The summed E-state index contributed by atoms with van der Waals surface area (Å²) in [5.41, 5.74) is 2.06.